The van der Waals surface area contributed by atoms with Gasteiger partial charge in [-0.3, -0.25) is 14.4 Å². The lowest BCUT2D eigenvalue weighted by Crippen LogP contribution is -2.45. The second-order valence-electron chi connectivity index (χ2n) is 6.20. The summed E-state index contributed by atoms with van der Waals surface area (Å²) in [6, 6.07) is 2.33. The fourth-order valence-electron chi connectivity index (χ4n) is 2.85. The molecule has 0 spiro atoms. The number of carbonyl (C=O) groups is 3. The summed E-state index contributed by atoms with van der Waals surface area (Å²) in [7, 11) is 0. The summed E-state index contributed by atoms with van der Waals surface area (Å²) in [5, 5.41) is 11.3. The second-order valence-corrected chi connectivity index (χ2v) is 6.20. The molecule has 6 nitrogen and oxygen atoms in total. The molecule has 8 heteroatoms. The summed E-state index contributed by atoms with van der Waals surface area (Å²) in [4.78, 5) is 36.5. The van der Waals surface area contributed by atoms with Crippen LogP contribution in [0.1, 0.15) is 36.5 Å². The molecule has 0 aliphatic carbocycles. The Hall–Kier alpha value is -2.51. The Morgan fingerprint density at radius 1 is 1.28 bits per heavy atom. The van der Waals surface area contributed by atoms with Gasteiger partial charge < -0.3 is 15.3 Å². The van der Waals surface area contributed by atoms with Crippen molar-refractivity contribution < 1.29 is 28.3 Å². The van der Waals surface area contributed by atoms with E-state index >= 15 is 0 Å². The Labute approximate surface area is 143 Å². The van der Waals surface area contributed by atoms with Crippen molar-refractivity contribution in [2.24, 2.45) is 5.92 Å². The molecule has 0 bridgehead atoms. The molecule has 1 aliphatic rings. The van der Waals surface area contributed by atoms with E-state index in [-0.39, 0.29) is 36.9 Å². The fourth-order valence-corrected chi connectivity index (χ4v) is 2.85. The monoisotopic (exact) mass is 354 g/mol. The maximum atomic E-state index is 13.7. The van der Waals surface area contributed by atoms with Gasteiger partial charge in [0.05, 0.1) is 12.0 Å². The van der Waals surface area contributed by atoms with Crippen LogP contribution >= 0.6 is 0 Å². The molecule has 1 fully saturated rings. The zero-order valence-electron chi connectivity index (χ0n) is 13.8. The molecule has 1 aromatic carbocycles. The molecule has 25 heavy (non-hydrogen) atoms. The van der Waals surface area contributed by atoms with Crippen LogP contribution in [0, 0.1) is 17.6 Å². The zero-order valence-corrected chi connectivity index (χ0v) is 13.8. The number of nitrogens with zero attached hydrogens (tertiary/aromatic N) is 1. The Bertz CT molecular complexity index is 673. The molecule has 136 valence electrons. The van der Waals surface area contributed by atoms with Crippen molar-refractivity contribution in [1.29, 1.82) is 0 Å². The van der Waals surface area contributed by atoms with Gasteiger partial charge in [-0.25, -0.2) is 8.78 Å². The van der Waals surface area contributed by atoms with Gasteiger partial charge in [-0.2, -0.15) is 0 Å². The first-order valence-electron chi connectivity index (χ1n) is 8.04. The van der Waals surface area contributed by atoms with Crippen LogP contribution < -0.4 is 5.32 Å². The van der Waals surface area contributed by atoms with Crippen molar-refractivity contribution in [3.63, 3.8) is 0 Å². The molecule has 2 rings (SSSR count). The van der Waals surface area contributed by atoms with Crippen LogP contribution in [0.5, 0.6) is 0 Å². The molecule has 1 aromatic rings. The minimum absolute atomic E-state index is 0.160. The first-order chi connectivity index (χ1) is 11.8. The van der Waals surface area contributed by atoms with E-state index in [4.69, 9.17) is 5.11 Å². The highest BCUT2D eigenvalue weighted by molar-refractivity contribution is 5.94. The number of hydrogen-bond donors (Lipinski definition) is 2. The molecule has 1 saturated heterocycles. The molecule has 2 N–H and O–H groups in total. The van der Waals surface area contributed by atoms with Gasteiger partial charge in [-0.05, 0) is 31.9 Å². The first kappa shape index (κ1) is 18.8. The molecule has 0 aromatic heterocycles. The summed E-state index contributed by atoms with van der Waals surface area (Å²) < 4.78 is 26.6. The first-order valence-corrected chi connectivity index (χ1v) is 8.04. The number of halogens is 2. The number of carboxylic acids is 1. The lowest BCUT2D eigenvalue weighted by Gasteiger charge is -2.32. The van der Waals surface area contributed by atoms with Gasteiger partial charge in [0, 0.05) is 31.1 Å². The Morgan fingerprint density at radius 3 is 2.48 bits per heavy atom. The number of rotatable bonds is 5. The highest BCUT2D eigenvalue weighted by Crippen LogP contribution is 2.21. The minimum Gasteiger partial charge on any atom is -0.481 e. The SMILES string of the molecule is CC(CC(=O)O)NC(=O)C1CCN(C(=O)c2ccc(F)cc2F)CC1. The smallest absolute Gasteiger partial charge is 0.305 e. The fraction of sp³-hybridized carbons (Fsp3) is 0.471. The third kappa shape index (κ3) is 4.98. The molecular weight excluding hydrogens is 334 g/mol. The summed E-state index contributed by atoms with van der Waals surface area (Å²) >= 11 is 0. The normalized spacial score (nSPS) is 16.4. The van der Waals surface area contributed by atoms with Gasteiger partial charge >= 0.3 is 5.97 Å². The highest BCUT2D eigenvalue weighted by Gasteiger charge is 2.29. The number of nitrogens with one attached hydrogen (secondary N) is 1. The minimum atomic E-state index is -0.991. The predicted octanol–water partition coefficient (Wildman–Crippen LogP) is 1.80. The van der Waals surface area contributed by atoms with Crippen molar-refractivity contribution in [3.05, 3.63) is 35.4 Å². The molecule has 0 saturated carbocycles. The van der Waals surface area contributed by atoms with E-state index in [1.54, 1.807) is 6.92 Å². The summed E-state index contributed by atoms with van der Waals surface area (Å²) in [6.07, 6.45) is 0.646. The van der Waals surface area contributed by atoms with Crippen molar-refractivity contribution >= 4 is 17.8 Å². The summed E-state index contributed by atoms with van der Waals surface area (Å²) in [5.74, 6) is -3.75. The van der Waals surface area contributed by atoms with Gasteiger partial charge in [-0.1, -0.05) is 0 Å². The molecule has 1 atom stereocenters. The van der Waals surface area contributed by atoms with Crippen LogP contribution in [-0.4, -0.2) is 46.9 Å². The van der Waals surface area contributed by atoms with Crippen LogP contribution in [-0.2, 0) is 9.59 Å². The van der Waals surface area contributed by atoms with Gasteiger partial charge in [0.15, 0.2) is 0 Å². The van der Waals surface area contributed by atoms with E-state index in [0.717, 1.165) is 12.1 Å². The second kappa shape index (κ2) is 8.04. The Balaban J connectivity index is 1.89. The third-order valence-corrected chi connectivity index (χ3v) is 4.18. The molecule has 0 radical (unpaired) electrons. The van der Waals surface area contributed by atoms with Crippen molar-refractivity contribution in [2.75, 3.05) is 13.1 Å². The van der Waals surface area contributed by atoms with E-state index in [1.807, 2.05) is 0 Å². The lowest BCUT2D eigenvalue weighted by atomic mass is 9.95. The molecular formula is C17H20F2N2O4. The number of carbonyl (C=O) groups excluding carboxylic acids is 2. The van der Waals surface area contributed by atoms with Gasteiger partial charge in [0.1, 0.15) is 11.6 Å². The Kier molecular flexibility index (Phi) is 6.06. The van der Waals surface area contributed by atoms with Crippen molar-refractivity contribution in [1.82, 2.24) is 10.2 Å². The summed E-state index contributed by atoms with van der Waals surface area (Å²) in [6.45, 7) is 2.17. The van der Waals surface area contributed by atoms with Crippen LogP contribution in [0.2, 0.25) is 0 Å². The van der Waals surface area contributed by atoms with E-state index in [1.165, 1.54) is 4.90 Å². The predicted molar refractivity (Wildman–Crippen MR) is 84.8 cm³/mol. The van der Waals surface area contributed by atoms with E-state index in [0.29, 0.717) is 18.9 Å². The zero-order chi connectivity index (χ0) is 18.6. The number of aliphatic carboxylic acids is 1. The van der Waals surface area contributed by atoms with Gasteiger partial charge in [-0.15, -0.1) is 0 Å². The van der Waals surface area contributed by atoms with E-state index < -0.39 is 29.6 Å². The number of benzene rings is 1. The maximum absolute atomic E-state index is 13.7. The van der Waals surface area contributed by atoms with Crippen LogP contribution in [0.15, 0.2) is 18.2 Å². The average Bonchev–Trinajstić information content (AvgIpc) is 2.53. The number of piperidine rings is 1. The molecule has 1 unspecified atom stereocenters. The largest absolute Gasteiger partial charge is 0.481 e. The van der Waals surface area contributed by atoms with E-state index in [2.05, 4.69) is 5.32 Å². The van der Waals surface area contributed by atoms with Crippen molar-refractivity contribution in [3.8, 4) is 0 Å². The molecule has 1 heterocycles. The van der Waals surface area contributed by atoms with Crippen LogP contribution in [0.25, 0.3) is 0 Å². The number of amides is 2. The van der Waals surface area contributed by atoms with Crippen molar-refractivity contribution in [2.45, 2.75) is 32.2 Å². The van der Waals surface area contributed by atoms with Crippen LogP contribution in [0.4, 0.5) is 8.78 Å². The highest BCUT2D eigenvalue weighted by atomic mass is 19.1. The van der Waals surface area contributed by atoms with Crippen LogP contribution in [0.3, 0.4) is 0 Å². The standard InChI is InChI=1S/C17H20F2N2O4/c1-10(8-15(22)23)20-16(24)11-4-6-21(7-5-11)17(25)13-3-2-12(18)9-14(13)19/h2-3,9-11H,4-8H2,1H3,(H,20,24)(H,22,23). The van der Waals surface area contributed by atoms with E-state index in [9.17, 15) is 23.2 Å². The number of likely N-dealkylation sites (tertiary alicyclic amines) is 1. The maximum Gasteiger partial charge on any atom is 0.305 e. The van der Waals surface area contributed by atoms with Gasteiger partial charge in [0.25, 0.3) is 5.91 Å². The summed E-state index contributed by atoms with van der Waals surface area (Å²) in [5.41, 5.74) is -0.195. The number of hydrogen-bond acceptors (Lipinski definition) is 3. The quantitative estimate of drug-likeness (QED) is 0.844. The average molecular weight is 354 g/mol. The topological polar surface area (TPSA) is 86.7 Å². The number of carboxylic acid groups (broad SMARTS) is 1. The Morgan fingerprint density at radius 2 is 1.92 bits per heavy atom. The lowest BCUT2D eigenvalue weighted by molar-refractivity contribution is -0.137. The third-order valence-electron chi connectivity index (χ3n) is 4.18. The molecule has 2 amide bonds. The van der Waals surface area contributed by atoms with Gasteiger partial charge in [0.2, 0.25) is 5.91 Å². The molecule has 1 aliphatic heterocycles.